The molecule has 0 atom stereocenters. The summed E-state index contributed by atoms with van der Waals surface area (Å²) in [4.78, 5) is 4.74. The largest absolute Gasteiger partial charge is 0.256 e. The number of pyridine rings is 1. The Kier molecular flexibility index (Phi) is 4.84. The quantitative estimate of drug-likeness (QED) is 0.203. The first-order valence-electron chi connectivity index (χ1n) is 14.0. The fourth-order valence-electron chi connectivity index (χ4n) is 6.71. The van der Waals surface area contributed by atoms with E-state index in [0.717, 1.165) is 10.9 Å². The average molecular weight is 538 g/mol. The summed E-state index contributed by atoms with van der Waals surface area (Å²) in [6.07, 6.45) is 1.89. The zero-order valence-corrected chi connectivity index (χ0v) is 23.0. The zero-order chi connectivity index (χ0) is 26.9. The van der Waals surface area contributed by atoms with E-state index >= 15 is 0 Å². The predicted octanol–water partition coefficient (Wildman–Crippen LogP) is 11.3. The van der Waals surface area contributed by atoms with Crippen LogP contribution in [0.5, 0.6) is 0 Å². The molecule has 41 heavy (non-hydrogen) atoms. The van der Waals surface area contributed by atoms with Crippen molar-refractivity contribution in [3.8, 4) is 55.6 Å². The minimum atomic E-state index is 1.02. The number of benzene rings is 6. The Hall–Kier alpha value is -5.05. The molecule has 6 aromatic carbocycles. The molecule has 0 spiro atoms. The van der Waals surface area contributed by atoms with E-state index in [4.69, 9.17) is 4.98 Å². The molecule has 2 heteroatoms. The van der Waals surface area contributed by atoms with Gasteiger partial charge in [0, 0.05) is 37.3 Å². The summed E-state index contributed by atoms with van der Waals surface area (Å²) in [6.45, 7) is 0. The van der Waals surface area contributed by atoms with Crippen LogP contribution in [0.25, 0.3) is 86.7 Å². The molecule has 0 unspecified atom stereocenters. The molecule has 2 aromatic heterocycles. The van der Waals surface area contributed by atoms with Gasteiger partial charge in [-0.2, -0.15) is 0 Å². The smallest absolute Gasteiger partial charge is 0.0708 e. The molecular weight excluding hydrogens is 515 g/mol. The number of hydrogen-bond acceptors (Lipinski definition) is 2. The number of rotatable bonds is 1. The number of thiophene rings is 1. The molecule has 0 saturated heterocycles. The third-order valence-electron chi connectivity index (χ3n) is 8.50. The fraction of sp³-hybridized carbons (Fsp3) is 0. The molecular formula is C39H23NS. The van der Waals surface area contributed by atoms with Gasteiger partial charge in [0.15, 0.2) is 0 Å². The lowest BCUT2D eigenvalue weighted by Crippen LogP contribution is -1.99. The van der Waals surface area contributed by atoms with Crippen molar-refractivity contribution in [2.75, 3.05) is 0 Å². The van der Waals surface area contributed by atoms with E-state index in [-0.39, 0.29) is 0 Å². The number of fused-ring (bicyclic) bond motifs is 12. The fourth-order valence-corrected chi connectivity index (χ4v) is 7.94. The van der Waals surface area contributed by atoms with Gasteiger partial charge in [-0.3, -0.25) is 4.98 Å². The van der Waals surface area contributed by atoms with Crippen molar-refractivity contribution in [3.63, 3.8) is 0 Å². The molecule has 2 heterocycles. The molecule has 0 bridgehead atoms. The summed E-state index contributed by atoms with van der Waals surface area (Å²) >= 11 is 1.89. The Bertz CT molecular complexity index is 2320. The summed E-state index contributed by atoms with van der Waals surface area (Å²) in [5.41, 5.74) is 13.6. The maximum atomic E-state index is 4.74. The number of hydrogen-bond donors (Lipinski definition) is 0. The summed E-state index contributed by atoms with van der Waals surface area (Å²) in [5.74, 6) is 0. The summed E-state index contributed by atoms with van der Waals surface area (Å²) in [6, 6.07) is 48.9. The molecule has 1 aliphatic carbocycles. The van der Waals surface area contributed by atoms with Gasteiger partial charge in [-0.05, 0) is 74.3 Å². The van der Waals surface area contributed by atoms with Crippen molar-refractivity contribution in [3.05, 3.63) is 140 Å². The van der Waals surface area contributed by atoms with Gasteiger partial charge < -0.3 is 0 Å². The highest BCUT2D eigenvalue weighted by Gasteiger charge is 2.25. The summed E-state index contributed by atoms with van der Waals surface area (Å²) in [7, 11) is 0. The second kappa shape index (κ2) is 8.72. The minimum absolute atomic E-state index is 1.02. The van der Waals surface area contributed by atoms with Crippen LogP contribution in [-0.4, -0.2) is 4.98 Å². The number of aromatic nitrogens is 1. The monoisotopic (exact) mass is 537 g/mol. The summed E-state index contributed by atoms with van der Waals surface area (Å²) < 4.78 is 2.66. The van der Waals surface area contributed by atoms with Gasteiger partial charge in [0.25, 0.3) is 0 Å². The molecule has 8 aromatic rings. The van der Waals surface area contributed by atoms with Crippen molar-refractivity contribution >= 4 is 42.4 Å². The molecule has 0 N–H and O–H groups in total. The first kappa shape index (κ1) is 22.7. The lowest BCUT2D eigenvalue weighted by atomic mass is 9.78. The first-order chi connectivity index (χ1) is 20.3. The van der Waals surface area contributed by atoms with Crippen LogP contribution in [0.2, 0.25) is 0 Å². The Morgan fingerprint density at radius 3 is 1.85 bits per heavy atom. The van der Waals surface area contributed by atoms with E-state index in [0.29, 0.717) is 0 Å². The molecule has 0 radical (unpaired) electrons. The van der Waals surface area contributed by atoms with Crippen LogP contribution in [-0.2, 0) is 0 Å². The van der Waals surface area contributed by atoms with E-state index in [2.05, 4.69) is 127 Å². The molecule has 190 valence electrons. The normalized spacial score (nSPS) is 11.9. The van der Waals surface area contributed by atoms with Gasteiger partial charge in [-0.1, -0.05) is 109 Å². The highest BCUT2D eigenvalue weighted by atomic mass is 32.1. The standard InChI is InChI=1S/C39H23NS/c1-2-13-27-25(11-1)26-12-3-4-15-29(26)38-30(33-19-8-18-32-28-14-5-6-20-37(28)41-39(32)33)16-7-17-31(38)34-22-24-10-9-21-40-36(24)23-35(27)34/h1-23H. The van der Waals surface area contributed by atoms with Crippen LogP contribution in [0.1, 0.15) is 0 Å². The zero-order valence-electron chi connectivity index (χ0n) is 22.1. The van der Waals surface area contributed by atoms with Gasteiger partial charge >= 0.3 is 0 Å². The van der Waals surface area contributed by atoms with Crippen molar-refractivity contribution < 1.29 is 0 Å². The Labute approximate surface area is 242 Å². The van der Waals surface area contributed by atoms with Gasteiger partial charge in [0.2, 0.25) is 0 Å². The third-order valence-corrected chi connectivity index (χ3v) is 9.72. The van der Waals surface area contributed by atoms with Crippen LogP contribution >= 0.6 is 11.3 Å². The van der Waals surface area contributed by atoms with Crippen LogP contribution in [0.15, 0.2) is 140 Å². The van der Waals surface area contributed by atoms with E-state index in [1.165, 1.54) is 75.8 Å². The van der Waals surface area contributed by atoms with Crippen LogP contribution < -0.4 is 0 Å². The van der Waals surface area contributed by atoms with Crippen LogP contribution in [0, 0.1) is 0 Å². The van der Waals surface area contributed by atoms with Gasteiger partial charge in [0.05, 0.1) is 5.52 Å². The molecule has 1 aliphatic rings. The SMILES string of the molecule is c1ccc2c(c1)-c1cc3ncccc3cc1-c1cccc(-c3cccc4c3sc3ccccc34)c1-c1ccccc1-2. The van der Waals surface area contributed by atoms with Gasteiger partial charge in [-0.15, -0.1) is 11.3 Å². The van der Waals surface area contributed by atoms with E-state index in [1.807, 2.05) is 23.6 Å². The van der Waals surface area contributed by atoms with Gasteiger partial charge in [0.1, 0.15) is 0 Å². The molecule has 0 aliphatic heterocycles. The maximum absolute atomic E-state index is 4.74. The second-order valence-electron chi connectivity index (χ2n) is 10.7. The Balaban J connectivity index is 1.46. The minimum Gasteiger partial charge on any atom is -0.256 e. The third kappa shape index (κ3) is 3.32. The molecule has 0 saturated carbocycles. The highest BCUT2D eigenvalue weighted by Crippen LogP contribution is 2.52. The van der Waals surface area contributed by atoms with Crippen molar-refractivity contribution in [1.82, 2.24) is 4.98 Å². The number of nitrogens with zero attached hydrogens (tertiary/aromatic N) is 1. The first-order valence-corrected chi connectivity index (χ1v) is 14.8. The molecule has 0 amide bonds. The Morgan fingerprint density at radius 1 is 0.415 bits per heavy atom. The van der Waals surface area contributed by atoms with Gasteiger partial charge in [-0.25, -0.2) is 0 Å². The molecule has 9 rings (SSSR count). The van der Waals surface area contributed by atoms with Crippen LogP contribution in [0.3, 0.4) is 0 Å². The second-order valence-corrected chi connectivity index (χ2v) is 11.7. The predicted molar refractivity (Wildman–Crippen MR) is 175 cm³/mol. The highest BCUT2D eigenvalue weighted by molar-refractivity contribution is 7.26. The van der Waals surface area contributed by atoms with Crippen molar-refractivity contribution in [2.45, 2.75) is 0 Å². The molecule has 1 nitrogen and oxygen atoms in total. The van der Waals surface area contributed by atoms with Crippen LogP contribution in [0.4, 0.5) is 0 Å². The lowest BCUT2D eigenvalue weighted by molar-refractivity contribution is 1.41. The van der Waals surface area contributed by atoms with Crippen molar-refractivity contribution in [1.29, 1.82) is 0 Å². The Morgan fingerprint density at radius 2 is 1.00 bits per heavy atom. The van der Waals surface area contributed by atoms with E-state index in [1.54, 1.807) is 0 Å². The van der Waals surface area contributed by atoms with Crippen molar-refractivity contribution in [2.24, 2.45) is 0 Å². The van der Waals surface area contributed by atoms with E-state index in [9.17, 15) is 0 Å². The average Bonchev–Trinajstić information content (AvgIpc) is 3.42. The summed E-state index contributed by atoms with van der Waals surface area (Å²) in [5, 5.41) is 3.80. The lowest BCUT2D eigenvalue weighted by Gasteiger charge is -2.25. The topological polar surface area (TPSA) is 12.9 Å². The molecule has 0 fully saturated rings. The van der Waals surface area contributed by atoms with E-state index < -0.39 is 0 Å². The maximum Gasteiger partial charge on any atom is 0.0708 e.